The fraction of sp³-hybridized carbons (Fsp3) is 0.0667. The van der Waals surface area contributed by atoms with E-state index >= 15 is 0 Å². The Morgan fingerprint density at radius 1 is 1.00 bits per heavy atom. The molecule has 0 aliphatic rings. The summed E-state index contributed by atoms with van der Waals surface area (Å²) < 4.78 is 1.75. The molecule has 4 rings (SSSR count). The molecule has 1 N–H and O–H groups in total. The van der Waals surface area contributed by atoms with Crippen molar-refractivity contribution in [2.45, 2.75) is 10.9 Å². The molecule has 2 aromatic carbocycles. The van der Waals surface area contributed by atoms with Crippen LogP contribution in [0.2, 0.25) is 0 Å². The van der Waals surface area contributed by atoms with Crippen LogP contribution in [0, 0.1) is 0 Å². The second kappa shape index (κ2) is 5.61. The Labute approximate surface area is 130 Å². The van der Waals surface area contributed by atoms with Crippen LogP contribution in [0.15, 0.2) is 59.8 Å². The van der Waals surface area contributed by atoms with E-state index in [1.807, 2.05) is 54.6 Å². The summed E-state index contributed by atoms with van der Waals surface area (Å²) in [6.07, 6.45) is 0. The molecule has 6 nitrogen and oxygen atoms in total. The Morgan fingerprint density at radius 2 is 1.82 bits per heavy atom. The number of nitrogens with zero attached hydrogens (tertiary/aromatic N) is 5. The van der Waals surface area contributed by atoms with Crippen LogP contribution < -0.4 is 0 Å². The normalized spacial score (nSPS) is 11.1. The van der Waals surface area contributed by atoms with Crippen LogP contribution >= 0.6 is 11.8 Å². The molecule has 0 saturated heterocycles. The van der Waals surface area contributed by atoms with E-state index < -0.39 is 0 Å². The van der Waals surface area contributed by atoms with E-state index in [1.165, 1.54) is 0 Å². The van der Waals surface area contributed by atoms with Gasteiger partial charge in [0, 0.05) is 0 Å². The predicted octanol–water partition coefficient (Wildman–Crippen LogP) is 2.83. The highest BCUT2D eigenvalue weighted by molar-refractivity contribution is 7.98. The highest BCUT2D eigenvalue weighted by atomic mass is 32.2. The number of hydrogen-bond acceptors (Lipinski definition) is 5. The first-order chi connectivity index (χ1) is 10.9. The number of fused-ring (bicyclic) bond motifs is 1. The third-order valence-electron chi connectivity index (χ3n) is 3.24. The van der Waals surface area contributed by atoms with E-state index in [-0.39, 0.29) is 0 Å². The molecule has 7 heteroatoms. The summed E-state index contributed by atoms with van der Waals surface area (Å²) in [4.78, 5) is 7.84. The summed E-state index contributed by atoms with van der Waals surface area (Å²) in [6, 6.07) is 17.8. The maximum absolute atomic E-state index is 4.54. The number of nitrogens with one attached hydrogen (secondary N) is 1. The summed E-state index contributed by atoms with van der Waals surface area (Å²) in [5.41, 5.74) is 2.95. The first kappa shape index (κ1) is 13.0. The molecule has 22 heavy (non-hydrogen) atoms. The standard InChI is InChI=1S/C15H12N6S/c1-2-6-11(7-3-1)21-14(18-19-20-21)10-22-15-16-12-8-4-5-9-13(12)17-15/h1-9H,10H2,(H,16,17). The molecule has 0 aliphatic heterocycles. The minimum atomic E-state index is 0.641. The Hall–Kier alpha value is -2.67. The number of aromatic amines is 1. The fourth-order valence-corrected chi connectivity index (χ4v) is 2.99. The van der Waals surface area contributed by atoms with Crippen molar-refractivity contribution in [3.05, 3.63) is 60.4 Å². The molecule has 2 aromatic heterocycles. The van der Waals surface area contributed by atoms with Gasteiger partial charge in [0.05, 0.1) is 22.5 Å². The zero-order valence-electron chi connectivity index (χ0n) is 11.5. The number of imidazole rings is 1. The van der Waals surface area contributed by atoms with Gasteiger partial charge >= 0.3 is 0 Å². The monoisotopic (exact) mass is 308 g/mol. The Kier molecular flexibility index (Phi) is 3.32. The van der Waals surface area contributed by atoms with Crippen LogP contribution in [0.4, 0.5) is 0 Å². The Balaban J connectivity index is 1.56. The average Bonchev–Trinajstić information content (AvgIpc) is 3.20. The number of aromatic nitrogens is 6. The van der Waals surface area contributed by atoms with Gasteiger partial charge in [-0.05, 0) is 34.7 Å². The van der Waals surface area contributed by atoms with E-state index in [9.17, 15) is 0 Å². The molecular formula is C15H12N6S. The number of hydrogen-bond donors (Lipinski definition) is 1. The molecule has 0 radical (unpaired) electrons. The van der Waals surface area contributed by atoms with Crippen LogP contribution in [0.25, 0.3) is 16.7 Å². The van der Waals surface area contributed by atoms with Gasteiger partial charge < -0.3 is 4.98 Å². The first-order valence-corrected chi connectivity index (χ1v) is 7.79. The Morgan fingerprint density at radius 3 is 2.68 bits per heavy atom. The molecule has 108 valence electrons. The van der Waals surface area contributed by atoms with Crippen molar-refractivity contribution in [1.82, 2.24) is 30.2 Å². The van der Waals surface area contributed by atoms with Gasteiger partial charge in [0.25, 0.3) is 0 Å². The van der Waals surface area contributed by atoms with Crippen molar-refractivity contribution < 1.29 is 0 Å². The summed E-state index contributed by atoms with van der Waals surface area (Å²) in [6.45, 7) is 0. The maximum Gasteiger partial charge on any atom is 0.167 e. The molecule has 0 spiro atoms. The van der Waals surface area contributed by atoms with Crippen molar-refractivity contribution in [2.75, 3.05) is 0 Å². The van der Waals surface area contributed by atoms with Crippen LogP contribution in [0.5, 0.6) is 0 Å². The Bertz CT molecular complexity index is 865. The molecule has 0 amide bonds. The largest absolute Gasteiger partial charge is 0.333 e. The van der Waals surface area contributed by atoms with Gasteiger partial charge in [0.1, 0.15) is 0 Å². The van der Waals surface area contributed by atoms with Crippen molar-refractivity contribution in [2.24, 2.45) is 0 Å². The van der Waals surface area contributed by atoms with Crippen LogP contribution in [0.1, 0.15) is 5.82 Å². The number of benzene rings is 2. The minimum Gasteiger partial charge on any atom is -0.333 e. The van der Waals surface area contributed by atoms with Gasteiger partial charge in [-0.25, -0.2) is 4.98 Å². The zero-order chi connectivity index (χ0) is 14.8. The number of para-hydroxylation sites is 3. The smallest absolute Gasteiger partial charge is 0.167 e. The lowest BCUT2D eigenvalue weighted by Gasteiger charge is -2.02. The molecule has 2 heterocycles. The molecule has 0 aliphatic carbocycles. The van der Waals surface area contributed by atoms with Crippen LogP contribution in [0.3, 0.4) is 0 Å². The minimum absolute atomic E-state index is 0.641. The maximum atomic E-state index is 4.54. The number of rotatable bonds is 4. The van der Waals surface area contributed by atoms with Crippen molar-refractivity contribution in [1.29, 1.82) is 0 Å². The topological polar surface area (TPSA) is 72.3 Å². The van der Waals surface area contributed by atoms with E-state index in [2.05, 4.69) is 25.5 Å². The number of tetrazole rings is 1. The molecule has 4 aromatic rings. The lowest BCUT2D eigenvalue weighted by atomic mass is 10.3. The first-order valence-electron chi connectivity index (χ1n) is 6.80. The highest BCUT2D eigenvalue weighted by Crippen LogP contribution is 2.22. The summed E-state index contributed by atoms with van der Waals surface area (Å²) in [7, 11) is 0. The van der Waals surface area contributed by atoms with Gasteiger partial charge in [0.15, 0.2) is 11.0 Å². The third-order valence-corrected chi connectivity index (χ3v) is 4.11. The predicted molar refractivity (Wildman–Crippen MR) is 84.8 cm³/mol. The quantitative estimate of drug-likeness (QED) is 0.587. The SMILES string of the molecule is c1ccc(-n2nnnc2CSc2nc3ccccc3[nH]2)cc1. The lowest BCUT2D eigenvalue weighted by molar-refractivity contribution is 0.777. The lowest BCUT2D eigenvalue weighted by Crippen LogP contribution is -2.01. The number of H-pyrrole nitrogens is 1. The van der Waals surface area contributed by atoms with Crippen molar-refractivity contribution in [3.8, 4) is 5.69 Å². The number of thioether (sulfide) groups is 1. The average molecular weight is 308 g/mol. The van der Waals surface area contributed by atoms with Crippen LogP contribution in [-0.2, 0) is 5.75 Å². The summed E-state index contributed by atoms with van der Waals surface area (Å²) in [5, 5.41) is 12.8. The van der Waals surface area contributed by atoms with E-state index in [0.717, 1.165) is 27.7 Å². The van der Waals surface area contributed by atoms with Crippen molar-refractivity contribution >= 4 is 22.8 Å². The zero-order valence-corrected chi connectivity index (χ0v) is 12.4. The van der Waals surface area contributed by atoms with Gasteiger partial charge in [-0.3, -0.25) is 0 Å². The van der Waals surface area contributed by atoms with Gasteiger partial charge in [-0.15, -0.1) is 5.10 Å². The fourth-order valence-electron chi connectivity index (χ4n) is 2.20. The van der Waals surface area contributed by atoms with Gasteiger partial charge in [-0.1, -0.05) is 42.1 Å². The summed E-state index contributed by atoms with van der Waals surface area (Å²) >= 11 is 1.58. The molecule has 0 bridgehead atoms. The molecular weight excluding hydrogens is 296 g/mol. The molecule has 0 saturated carbocycles. The van der Waals surface area contributed by atoms with Crippen molar-refractivity contribution in [3.63, 3.8) is 0 Å². The molecule has 0 fully saturated rings. The summed E-state index contributed by atoms with van der Waals surface area (Å²) in [5.74, 6) is 1.43. The van der Waals surface area contributed by atoms with E-state index in [4.69, 9.17) is 0 Å². The molecule has 0 unspecified atom stereocenters. The van der Waals surface area contributed by atoms with E-state index in [1.54, 1.807) is 16.4 Å². The van der Waals surface area contributed by atoms with Gasteiger partial charge in [-0.2, -0.15) is 4.68 Å². The van der Waals surface area contributed by atoms with Crippen LogP contribution in [-0.4, -0.2) is 30.2 Å². The van der Waals surface area contributed by atoms with Gasteiger partial charge in [0.2, 0.25) is 0 Å². The second-order valence-corrected chi connectivity index (χ2v) is 5.65. The van der Waals surface area contributed by atoms with E-state index in [0.29, 0.717) is 5.75 Å². The highest BCUT2D eigenvalue weighted by Gasteiger charge is 2.10. The third kappa shape index (κ3) is 2.46. The molecule has 0 atom stereocenters. The second-order valence-electron chi connectivity index (χ2n) is 4.69.